The van der Waals surface area contributed by atoms with Crippen LogP contribution in [0.25, 0.3) is 0 Å². The molecule has 53 heavy (non-hydrogen) atoms. The van der Waals surface area contributed by atoms with E-state index in [1.807, 2.05) is 51.1 Å². The monoisotopic (exact) mass is 1010 g/mol. The van der Waals surface area contributed by atoms with E-state index >= 15 is 0 Å². The maximum atomic E-state index is 11.1. The molecule has 0 aliphatic rings. The molecule has 0 saturated carbocycles. The first-order valence-electron chi connectivity index (χ1n) is 15.2. The number of aromatic carboxylic acids is 1. The Morgan fingerprint density at radius 2 is 1.02 bits per heavy atom. The fourth-order valence-electron chi connectivity index (χ4n) is 3.33. The molecule has 0 atom stereocenters. The summed E-state index contributed by atoms with van der Waals surface area (Å²) in [4.78, 5) is 38.0. The lowest BCUT2D eigenvalue weighted by atomic mass is 10.2. The SMILES string of the molecule is C.C.C.COC(=O)c1nc(C)ccc1Br.Cc1ccc(Br)c(C(=O)O)n1.Cc1ccc(Br)c(CO)n1.Cc1ccc(Br)c(CO[Si](C)(C)C(C)(C)C)n1. The molecule has 0 bridgehead atoms. The quantitative estimate of drug-likeness (QED) is 0.141. The number of methoxy groups -OCH3 is 1. The minimum atomic E-state index is -1.69. The van der Waals surface area contributed by atoms with Crippen LogP contribution < -0.4 is 0 Å². The summed E-state index contributed by atoms with van der Waals surface area (Å²) in [5, 5.41) is 17.6. The van der Waals surface area contributed by atoms with Crippen molar-refractivity contribution < 1.29 is 29.0 Å². The van der Waals surface area contributed by atoms with E-state index in [1.165, 1.54) is 7.11 Å². The van der Waals surface area contributed by atoms with Gasteiger partial charge in [-0.15, -0.1) is 0 Å². The number of carboxylic acids is 1. The average Bonchev–Trinajstić information content (AvgIpc) is 3.04. The molecule has 4 rings (SSSR count). The predicted molar refractivity (Wildman–Crippen MR) is 233 cm³/mol. The first-order chi connectivity index (χ1) is 23.1. The van der Waals surface area contributed by atoms with E-state index in [9.17, 15) is 9.59 Å². The molecule has 2 N–H and O–H groups in total. The summed E-state index contributed by atoms with van der Waals surface area (Å²) in [6.07, 6.45) is 0. The lowest BCUT2D eigenvalue weighted by Gasteiger charge is -2.36. The van der Waals surface area contributed by atoms with E-state index in [4.69, 9.17) is 14.6 Å². The Morgan fingerprint density at radius 3 is 1.38 bits per heavy atom. The molecule has 0 aliphatic heterocycles. The lowest BCUT2D eigenvalue weighted by Crippen LogP contribution is -2.40. The maximum absolute atomic E-state index is 11.1. The normalized spacial score (nSPS) is 10.2. The van der Waals surface area contributed by atoms with Gasteiger partial charge in [-0.05, 0) is 158 Å². The van der Waals surface area contributed by atoms with E-state index in [0.717, 1.165) is 31.7 Å². The Labute approximate surface area is 351 Å². The van der Waals surface area contributed by atoms with E-state index in [2.05, 4.69) is 122 Å². The van der Waals surface area contributed by atoms with Crippen molar-refractivity contribution in [1.29, 1.82) is 0 Å². The number of aliphatic hydroxyl groups excluding tert-OH is 1. The van der Waals surface area contributed by atoms with Crippen LogP contribution in [-0.2, 0) is 22.4 Å². The standard InChI is InChI=1S/C13H22BrNOSi.C8H8BrNO2.C7H6BrNO2.C7H8BrNO.3CH4/c1-10-7-8-11(14)12(15-10)9-16-17(5,6)13(2,3)4;1-5-3-4-6(9)7(10-5)8(11)12-2;1-4-2-3-5(8)6(9-4)7(10)11;1-5-2-3-6(8)7(4-10)9-5;;;/h7-8H,9H2,1-6H3;3-4H,1-2H3;2-3H,1H3,(H,10,11);2-3,10H,4H2,1H3;3*1H4. The third kappa shape index (κ3) is 19.2. The molecule has 0 unspecified atom stereocenters. The number of hydrogen-bond donors (Lipinski definition) is 2. The number of halogens is 4. The van der Waals surface area contributed by atoms with Crippen molar-refractivity contribution in [3.8, 4) is 0 Å². The molecule has 0 spiro atoms. The van der Waals surface area contributed by atoms with Crippen LogP contribution >= 0.6 is 63.7 Å². The number of aliphatic hydroxyl groups is 1. The minimum Gasteiger partial charge on any atom is -0.476 e. The van der Waals surface area contributed by atoms with Crippen molar-refractivity contribution in [3.63, 3.8) is 0 Å². The predicted octanol–water partition coefficient (Wildman–Crippen LogP) is 12.0. The van der Waals surface area contributed by atoms with Crippen LogP contribution in [-0.4, -0.2) is 57.5 Å². The van der Waals surface area contributed by atoms with Crippen LogP contribution in [0.1, 0.15) is 98.2 Å². The van der Waals surface area contributed by atoms with Gasteiger partial charge in [-0.1, -0.05) is 43.1 Å². The second kappa shape index (κ2) is 25.6. The van der Waals surface area contributed by atoms with Gasteiger partial charge in [0.25, 0.3) is 0 Å². The van der Waals surface area contributed by atoms with Crippen molar-refractivity contribution in [1.82, 2.24) is 19.9 Å². The Kier molecular flexibility index (Phi) is 26.6. The fraction of sp³-hybridized carbons (Fsp3) is 0.421. The first kappa shape index (κ1) is 54.9. The molecule has 0 amide bonds. The fourth-order valence-corrected chi connectivity index (χ4v) is 5.72. The zero-order chi connectivity index (χ0) is 38.4. The zero-order valence-corrected chi connectivity index (χ0v) is 37.2. The van der Waals surface area contributed by atoms with Crippen LogP contribution in [0.4, 0.5) is 0 Å². The summed E-state index contributed by atoms with van der Waals surface area (Å²) in [6.45, 7) is 19.3. The number of hydrogen-bond acceptors (Lipinski definition) is 9. The van der Waals surface area contributed by atoms with Gasteiger partial charge in [0.2, 0.25) is 0 Å². The van der Waals surface area contributed by atoms with Crippen molar-refractivity contribution in [2.75, 3.05) is 7.11 Å². The number of aryl methyl sites for hydroxylation is 4. The van der Waals surface area contributed by atoms with E-state index in [0.29, 0.717) is 32.6 Å². The Hall–Kier alpha value is -2.40. The molecule has 296 valence electrons. The molecular formula is C38H56Br4N4O6Si. The van der Waals surface area contributed by atoms with Crippen LogP contribution in [0, 0.1) is 27.7 Å². The molecular weight excluding hydrogens is 956 g/mol. The van der Waals surface area contributed by atoms with Gasteiger partial charge < -0.3 is 19.4 Å². The molecule has 10 nitrogen and oxygen atoms in total. The Balaban J connectivity index is -0.000000630. The number of carbonyl (C=O) groups excluding carboxylic acids is 1. The van der Waals surface area contributed by atoms with Crippen LogP contribution in [0.3, 0.4) is 0 Å². The lowest BCUT2D eigenvalue weighted by molar-refractivity contribution is 0.0591. The van der Waals surface area contributed by atoms with Gasteiger partial charge in [-0.3, -0.25) is 9.97 Å². The summed E-state index contributed by atoms with van der Waals surface area (Å²) in [7, 11) is -0.357. The number of carboxylic acid groups (broad SMARTS) is 1. The van der Waals surface area contributed by atoms with Crippen molar-refractivity contribution in [2.24, 2.45) is 0 Å². The number of nitrogens with zero attached hydrogens (tertiary/aromatic N) is 4. The topological polar surface area (TPSA) is 145 Å². The van der Waals surface area contributed by atoms with Crippen molar-refractivity contribution in [3.05, 3.63) is 112 Å². The summed E-state index contributed by atoms with van der Waals surface area (Å²) in [5.41, 5.74) is 5.51. The van der Waals surface area contributed by atoms with Crippen LogP contribution in [0.5, 0.6) is 0 Å². The Morgan fingerprint density at radius 1 is 0.660 bits per heavy atom. The first-order valence-corrected chi connectivity index (χ1v) is 21.3. The number of esters is 1. The molecule has 4 aromatic rings. The summed E-state index contributed by atoms with van der Waals surface area (Å²) >= 11 is 13.1. The second-order valence-corrected chi connectivity index (χ2v) is 20.6. The largest absolute Gasteiger partial charge is 0.476 e. The van der Waals surface area contributed by atoms with Gasteiger partial charge in [0.05, 0.1) is 40.7 Å². The average molecular weight is 1010 g/mol. The number of pyridine rings is 4. The highest BCUT2D eigenvalue weighted by molar-refractivity contribution is 9.11. The van der Waals surface area contributed by atoms with Gasteiger partial charge in [-0.25, -0.2) is 19.6 Å². The molecule has 0 saturated heterocycles. The van der Waals surface area contributed by atoms with E-state index in [1.54, 1.807) is 25.1 Å². The van der Waals surface area contributed by atoms with Gasteiger partial charge in [0.15, 0.2) is 19.7 Å². The minimum absolute atomic E-state index is 0. The number of rotatable bonds is 6. The highest BCUT2D eigenvalue weighted by Gasteiger charge is 2.37. The highest BCUT2D eigenvalue weighted by atomic mass is 79.9. The summed E-state index contributed by atoms with van der Waals surface area (Å²) in [5.74, 6) is -1.44. The number of aromatic nitrogens is 4. The van der Waals surface area contributed by atoms with Gasteiger partial charge >= 0.3 is 11.9 Å². The summed E-state index contributed by atoms with van der Waals surface area (Å²) in [6, 6.07) is 14.8. The van der Waals surface area contributed by atoms with Crippen LogP contribution in [0.2, 0.25) is 18.1 Å². The number of carbonyl (C=O) groups is 2. The van der Waals surface area contributed by atoms with Gasteiger partial charge in [0, 0.05) is 31.7 Å². The molecule has 0 aliphatic carbocycles. The molecule has 4 heterocycles. The zero-order valence-electron chi connectivity index (χ0n) is 29.9. The smallest absolute Gasteiger partial charge is 0.357 e. The van der Waals surface area contributed by atoms with E-state index < -0.39 is 20.3 Å². The third-order valence-corrected chi connectivity index (χ3v) is 14.4. The van der Waals surface area contributed by atoms with Gasteiger partial charge in [0.1, 0.15) is 0 Å². The van der Waals surface area contributed by atoms with Crippen molar-refractivity contribution >= 4 is 84.0 Å². The molecule has 0 aromatic carbocycles. The molecule has 4 aromatic heterocycles. The van der Waals surface area contributed by atoms with E-state index in [-0.39, 0.29) is 39.6 Å². The summed E-state index contributed by atoms with van der Waals surface area (Å²) < 4.78 is 13.8. The van der Waals surface area contributed by atoms with Crippen LogP contribution in [0.15, 0.2) is 66.4 Å². The third-order valence-electron chi connectivity index (χ3n) is 7.19. The number of ether oxygens (including phenoxy) is 1. The molecule has 15 heteroatoms. The maximum Gasteiger partial charge on any atom is 0.357 e. The van der Waals surface area contributed by atoms with Gasteiger partial charge in [-0.2, -0.15) is 0 Å². The molecule has 0 fully saturated rings. The molecule has 0 radical (unpaired) electrons. The Bertz CT molecular complexity index is 1750. The van der Waals surface area contributed by atoms with Crippen molar-refractivity contribution in [2.45, 2.75) is 102 Å². The highest BCUT2D eigenvalue weighted by Crippen LogP contribution is 2.37. The second-order valence-electron chi connectivity index (χ2n) is 12.3.